The van der Waals surface area contributed by atoms with Crippen LogP contribution in [0.15, 0.2) is 4.52 Å². The molecule has 5 heteroatoms. The third-order valence-electron chi connectivity index (χ3n) is 1.79. The molecule has 4 nitrogen and oxygen atoms in total. The van der Waals surface area contributed by atoms with E-state index in [1.165, 1.54) is 0 Å². The zero-order valence-electron chi connectivity index (χ0n) is 9.26. The van der Waals surface area contributed by atoms with E-state index in [2.05, 4.69) is 9.89 Å². The van der Waals surface area contributed by atoms with Gasteiger partial charge in [0.15, 0.2) is 5.76 Å². The summed E-state index contributed by atoms with van der Waals surface area (Å²) in [7, 11) is 0. The molecule has 0 saturated heterocycles. The molecule has 0 N–H and O–H groups in total. The van der Waals surface area contributed by atoms with Gasteiger partial charge in [-0.3, -0.25) is 0 Å². The SMILES string of the molecule is CCOC(=O)c1noc(C(C)(C)C)c1F. The Morgan fingerprint density at radius 2 is 2.13 bits per heavy atom. The molecule has 1 rings (SSSR count). The highest BCUT2D eigenvalue weighted by Gasteiger charge is 2.30. The van der Waals surface area contributed by atoms with Gasteiger partial charge in [-0.2, -0.15) is 0 Å². The highest BCUT2D eigenvalue weighted by Crippen LogP contribution is 2.26. The number of esters is 1. The maximum Gasteiger partial charge on any atom is 0.363 e. The van der Waals surface area contributed by atoms with E-state index in [0.717, 1.165) is 0 Å². The van der Waals surface area contributed by atoms with Crippen LogP contribution < -0.4 is 0 Å². The largest absolute Gasteiger partial charge is 0.461 e. The number of nitrogens with zero attached hydrogens (tertiary/aromatic N) is 1. The maximum atomic E-state index is 13.6. The lowest BCUT2D eigenvalue weighted by molar-refractivity contribution is 0.0510. The van der Waals surface area contributed by atoms with Crippen LogP contribution in [0.3, 0.4) is 0 Å². The normalized spacial score (nSPS) is 11.5. The number of carbonyl (C=O) groups is 1. The maximum absolute atomic E-state index is 13.6. The van der Waals surface area contributed by atoms with Gasteiger partial charge in [0.2, 0.25) is 11.5 Å². The van der Waals surface area contributed by atoms with Crippen LogP contribution in [0.25, 0.3) is 0 Å². The van der Waals surface area contributed by atoms with Gasteiger partial charge in [0.05, 0.1) is 6.61 Å². The van der Waals surface area contributed by atoms with Gasteiger partial charge in [0, 0.05) is 5.41 Å². The van der Waals surface area contributed by atoms with Crippen molar-refractivity contribution < 1.29 is 18.4 Å². The predicted octanol–water partition coefficient (Wildman–Crippen LogP) is 2.29. The molecule has 0 spiro atoms. The first-order valence-electron chi connectivity index (χ1n) is 4.70. The fraction of sp³-hybridized carbons (Fsp3) is 0.600. The zero-order chi connectivity index (χ0) is 11.6. The van der Waals surface area contributed by atoms with Crippen molar-refractivity contribution in [3.63, 3.8) is 0 Å². The Bertz CT molecular complexity index is 365. The van der Waals surface area contributed by atoms with Gasteiger partial charge in [0.25, 0.3) is 0 Å². The van der Waals surface area contributed by atoms with E-state index in [1.807, 2.05) is 0 Å². The van der Waals surface area contributed by atoms with Crippen LogP contribution in [-0.2, 0) is 10.2 Å². The average molecular weight is 215 g/mol. The molecule has 1 aromatic rings. The summed E-state index contributed by atoms with van der Waals surface area (Å²) in [4.78, 5) is 11.2. The fourth-order valence-electron chi connectivity index (χ4n) is 1.07. The van der Waals surface area contributed by atoms with E-state index in [0.29, 0.717) is 0 Å². The lowest BCUT2D eigenvalue weighted by Gasteiger charge is -2.12. The molecular weight excluding hydrogens is 201 g/mol. The highest BCUT2D eigenvalue weighted by atomic mass is 19.1. The van der Waals surface area contributed by atoms with Gasteiger partial charge in [0.1, 0.15) is 0 Å². The summed E-state index contributed by atoms with van der Waals surface area (Å²) >= 11 is 0. The molecule has 15 heavy (non-hydrogen) atoms. The van der Waals surface area contributed by atoms with Crippen LogP contribution >= 0.6 is 0 Å². The first-order chi connectivity index (χ1) is 6.88. The molecule has 84 valence electrons. The molecular formula is C10H14FNO3. The third kappa shape index (κ3) is 2.34. The Labute approximate surface area is 87.4 Å². The van der Waals surface area contributed by atoms with Crippen molar-refractivity contribution in [3.05, 3.63) is 17.3 Å². The summed E-state index contributed by atoms with van der Waals surface area (Å²) in [6.45, 7) is 7.12. The summed E-state index contributed by atoms with van der Waals surface area (Å²) in [5.74, 6) is -1.47. The Balaban J connectivity index is 3.04. The number of carbonyl (C=O) groups excluding carboxylic acids is 1. The van der Waals surface area contributed by atoms with Crippen LogP contribution in [0.5, 0.6) is 0 Å². The minimum Gasteiger partial charge on any atom is -0.461 e. The van der Waals surface area contributed by atoms with E-state index in [-0.39, 0.29) is 18.1 Å². The predicted molar refractivity (Wildman–Crippen MR) is 51.1 cm³/mol. The Kier molecular flexibility index (Phi) is 3.12. The topological polar surface area (TPSA) is 52.3 Å². The van der Waals surface area contributed by atoms with E-state index >= 15 is 0 Å². The molecule has 0 radical (unpaired) electrons. The standard InChI is InChI=1S/C10H14FNO3/c1-5-14-9(13)7-6(11)8(15-12-7)10(2,3)4/h5H2,1-4H3. The summed E-state index contributed by atoms with van der Waals surface area (Å²) in [6, 6.07) is 0. The van der Waals surface area contributed by atoms with Crippen molar-refractivity contribution in [1.82, 2.24) is 5.16 Å². The first-order valence-corrected chi connectivity index (χ1v) is 4.70. The van der Waals surface area contributed by atoms with Crippen LogP contribution in [0.2, 0.25) is 0 Å². The van der Waals surface area contributed by atoms with Crippen LogP contribution in [0.1, 0.15) is 43.9 Å². The van der Waals surface area contributed by atoms with Gasteiger partial charge < -0.3 is 9.26 Å². The van der Waals surface area contributed by atoms with E-state index in [9.17, 15) is 9.18 Å². The molecule has 0 unspecified atom stereocenters. The molecule has 0 saturated carbocycles. The molecule has 0 aliphatic rings. The van der Waals surface area contributed by atoms with E-state index in [1.54, 1.807) is 27.7 Å². The van der Waals surface area contributed by atoms with Gasteiger partial charge >= 0.3 is 5.97 Å². The smallest absolute Gasteiger partial charge is 0.363 e. The molecule has 0 fully saturated rings. The van der Waals surface area contributed by atoms with E-state index in [4.69, 9.17) is 4.52 Å². The van der Waals surface area contributed by atoms with Gasteiger partial charge in [-0.25, -0.2) is 9.18 Å². The number of aromatic nitrogens is 1. The van der Waals surface area contributed by atoms with Crippen LogP contribution in [0.4, 0.5) is 4.39 Å². The molecule has 0 bridgehead atoms. The molecule has 1 aromatic heterocycles. The Morgan fingerprint density at radius 1 is 1.53 bits per heavy atom. The second-order valence-corrected chi connectivity index (χ2v) is 4.14. The molecule has 1 heterocycles. The molecule has 0 aromatic carbocycles. The van der Waals surface area contributed by atoms with Crippen molar-refractivity contribution in [1.29, 1.82) is 0 Å². The summed E-state index contributed by atoms with van der Waals surface area (Å²) in [5, 5.41) is 3.38. The average Bonchev–Trinajstić information content (AvgIpc) is 2.46. The van der Waals surface area contributed by atoms with Crippen LogP contribution in [0, 0.1) is 5.82 Å². The number of ether oxygens (including phenoxy) is 1. The Hall–Kier alpha value is -1.39. The molecule has 0 atom stereocenters. The molecule has 0 amide bonds. The van der Waals surface area contributed by atoms with Crippen molar-refractivity contribution >= 4 is 5.97 Å². The minimum absolute atomic E-state index is 0.0607. The highest BCUT2D eigenvalue weighted by molar-refractivity contribution is 5.87. The van der Waals surface area contributed by atoms with Crippen molar-refractivity contribution in [2.45, 2.75) is 33.1 Å². The third-order valence-corrected chi connectivity index (χ3v) is 1.79. The van der Waals surface area contributed by atoms with Crippen molar-refractivity contribution in [2.75, 3.05) is 6.61 Å². The summed E-state index contributed by atoms with van der Waals surface area (Å²) in [6.07, 6.45) is 0. The van der Waals surface area contributed by atoms with Crippen molar-refractivity contribution in [2.24, 2.45) is 0 Å². The molecule has 0 aliphatic heterocycles. The van der Waals surface area contributed by atoms with E-state index < -0.39 is 17.2 Å². The Morgan fingerprint density at radius 3 is 2.53 bits per heavy atom. The summed E-state index contributed by atoms with van der Waals surface area (Å²) in [5.41, 5.74) is -0.913. The lowest BCUT2D eigenvalue weighted by atomic mass is 9.93. The van der Waals surface area contributed by atoms with Gasteiger partial charge in [-0.1, -0.05) is 25.9 Å². The summed E-state index contributed by atoms with van der Waals surface area (Å²) < 4.78 is 23.1. The number of rotatable bonds is 2. The quantitative estimate of drug-likeness (QED) is 0.710. The fourth-order valence-corrected chi connectivity index (χ4v) is 1.07. The lowest BCUT2D eigenvalue weighted by Crippen LogP contribution is -2.13. The first kappa shape index (κ1) is 11.7. The molecule has 0 aliphatic carbocycles. The second kappa shape index (κ2) is 4.00. The van der Waals surface area contributed by atoms with Gasteiger partial charge in [-0.05, 0) is 6.92 Å². The second-order valence-electron chi connectivity index (χ2n) is 4.14. The number of halogens is 1. The zero-order valence-corrected chi connectivity index (χ0v) is 9.26. The van der Waals surface area contributed by atoms with Gasteiger partial charge in [-0.15, -0.1) is 0 Å². The van der Waals surface area contributed by atoms with Crippen molar-refractivity contribution in [3.8, 4) is 0 Å². The van der Waals surface area contributed by atoms with Crippen LogP contribution in [-0.4, -0.2) is 17.7 Å². The monoisotopic (exact) mass is 215 g/mol. The number of hydrogen-bond acceptors (Lipinski definition) is 4. The number of hydrogen-bond donors (Lipinski definition) is 0. The minimum atomic E-state index is -0.797.